The molecule has 0 aliphatic carbocycles. The minimum atomic E-state index is -0.639. The SMILES string of the molecule is NC(=O)CNC(=O)c1cc2ccccc2cc1OCc1cccc(-c2noc(C(N)Cc3ccc(O)cc3)n2)c1. The second kappa shape index (κ2) is 11.7. The molecule has 0 bridgehead atoms. The second-order valence-corrected chi connectivity index (χ2v) is 9.27. The smallest absolute Gasteiger partial charge is 0.255 e. The Kier molecular flexibility index (Phi) is 7.70. The van der Waals surface area contributed by atoms with Crippen LogP contribution < -0.4 is 21.5 Å². The van der Waals surface area contributed by atoms with Gasteiger partial charge >= 0.3 is 0 Å². The van der Waals surface area contributed by atoms with Gasteiger partial charge in [-0.25, -0.2) is 0 Å². The molecule has 10 nitrogen and oxygen atoms in total. The maximum atomic E-state index is 12.8. The number of phenolic OH excluding ortho intramolecular Hbond substituents is 1. The number of aromatic nitrogens is 2. The van der Waals surface area contributed by atoms with Crippen LogP contribution in [0.25, 0.3) is 22.2 Å². The molecule has 1 unspecified atom stereocenters. The van der Waals surface area contributed by atoms with Crippen molar-refractivity contribution >= 4 is 22.6 Å². The Balaban J connectivity index is 1.32. The first kappa shape index (κ1) is 26.4. The fourth-order valence-corrected chi connectivity index (χ4v) is 4.22. The molecule has 0 aliphatic rings. The van der Waals surface area contributed by atoms with Gasteiger partial charge in [-0.2, -0.15) is 4.98 Å². The number of carbonyl (C=O) groups is 2. The van der Waals surface area contributed by atoms with E-state index >= 15 is 0 Å². The van der Waals surface area contributed by atoms with Gasteiger partial charge in [-0.15, -0.1) is 0 Å². The van der Waals surface area contributed by atoms with Crippen molar-refractivity contribution in [3.8, 4) is 22.9 Å². The van der Waals surface area contributed by atoms with Gasteiger partial charge in [0, 0.05) is 5.56 Å². The van der Waals surface area contributed by atoms with Crippen molar-refractivity contribution in [1.29, 1.82) is 0 Å². The van der Waals surface area contributed by atoms with E-state index in [2.05, 4.69) is 15.5 Å². The third-order valence-corrected chi connectivity index (χ3v) is 6.25. The molecule has 6 N–H and O–H groups in total. The van der Waals surface area contributed by atoms with Gasteiger partial charge in [-0.05, 0) is 58.7 Å². The molecule has 0 aliphatic heterocycles. The van der Waals surface area contributed by atoms with Crippen molar-refractivity contribution in [3.63, 3.8) is 0 Å². The molecule has 0 spiro atoms. The summed E-state index contributed by atoms with van der Waals surface area (Å²) in [6, 6.07) is 24.8. The van der Waals surface area contributed by atoms with Crippen LogP contribution in [0.4, 0.5) is 0 Å². The van der Waals surface area contributed by atoms with Gasteiger partial charge < -0.3 is 31.2 Å². The number of hydrogen-bond donors (Lipinski definition) is 4. The maximum Gasteiger partial charge on any atom is 0.255 e. The lowest BCUT2D eigenvalue weighted by molar-refractivity contribution is -0.117. The number of rotatable bonds is 10. The topological polar surface area (TPSA) is 167 Å². The zero-order chi connectivity index (χ0) is 28.1. The van der Waals surface area contributed by atoms with E-state index in [1.54, 1.807) is 36.4 Å². The van der Waals surface area contributed by atoms with Gasteiger partial charge in [0.05, 0.1) is 18.2 Å². The number of phenols is 1. The molecule has 0 saturated carbocycles. The van der Waals surface area contributed by atoms with Crippen LogP contribution in [0.1, 0.15) is 33.4 Å². The number of hydrogen-bond acceptors (Lipinski definition) is 8. The zero-order valence-electron chi connectivity index (χ0n) is 21.4. The molecule has 5 rings (SSSR count). The molecule has 2 amide bonds. The fourth-order valence-electron chi connectivity index (χ4n) is 4.22. The minimum Gasteiger partial charge on any atom is -0.508 e. The molecular formula is C30H27N5O5. The van der Waals surface area contributed by atoms with Gasteiger partial charge in [0.1, 0.15) is 18.1 Å². The molecule has 0 fully saturated rings. The predicted octanol–water partition coefficient (Wildman–Crippen LogP) is 3.63. The minimum absolute atomic E-state index is 0.160. The van der Waals surface area contributed by atoms with Crippen LogP contribution in [0.5, 0.6) is 11.5 Å². The average molecular weight is 538 g/mol. The highest BCUT2D eigenvalue weighted by Gasteiger charge is 2.18. The highest BCUT2D eigenvalue weighted by molar-refractivity contribution is 6.02. The Bertz CT molecular complexity index is 1670. The molecule has 1 atom stereocenters. The van der Waals surface area contributed by atoms with Gasteiger partial charge in [-0.3, -0.25) is 9.59 Å². The van der Waals surface area contributed by atoms with Gasteiger partial charge in [0.2, 0.25) is 17.6 Å². The van der Waals surface area contributed by atoms with E-state index in [0.717, 1.165) is 21.9 Å². The lowest BCUT2D eigenvalue weighted by Crippen LogP contribution is -2.33. The fraction of sp³-hybridized carbons (Fsp3) is 0.133. The summed E-state index contributed by atoms with van der Waals surface area (Å²) in [5.74, 6) is 0.135. The van der Waals surface area contributed by atoms with Crippen molar-refractivity contribution < 1.29 is 24.0 Å². The van der Waals surface area contributed by atoms with Crippen molar-refractivity contribution in [1.82, 2.24) is 15.5 Å². The maximum absolute atomic E-state index is 12.8. The van der Waals surface area contributed by atoms with Crippen molar-refractivity contribution in [3.05, 3.63) is 108 Å². The summed E-state index contributed by atoms with van der Waals surface area (Å²) in [6.07, 6.45) is 0.469. The zero-order valence-corrected chi connectivity index (χ0v) is 21.4. The Morgan fingerprint density at radius 1 is 0.950 bits per heavy atom. The number of nitrogens with zero attached hydrogens (tertiary/aromatic N) is 2. The summed E-state index contributed by atoms with van der Waals surface area (Å²) in [7, 11) is 0. The quantitative estimate of drug-likeness (QED) is 0.209. The Morgan fingerprint density at radius 2 is 1.70 bits per heavy atom. The number of aromatic hydroxyl groups is 1. The van der Waals surface area contributed by atoms with Crippen LogP contribution in [0.3, 0.4) is 0 Å². The molecular weight excluding hydrogens is 510 g/mol. The lowest BCUT2D eigenvalue weighted by Gasteiger charge is -2.13. The van der Waals surface area contributed by atoms with Gasteiger partial charge in [0.25, 0.3) is 5.91 Å². The lowest BCUT2D eigenvalue weighted by atomic mass is 10.1. The summed E-state index contributed by atoms with van der Waals surface area (Å²) in [6.45, 7) is -0.119. The number of ether oxygens (including phenoxy) is 1. The molecule has 5 aromatic rings. The number of nitrogens with one attached hydrogen (secondary N) is 1. The third kappa shape index (κ3) is 6.25. The third-order valence-electron chi connectivity index (χ3n) is 6.25. The first-order valence-corrected chi connectivity index (χ1v) is 12.5. The van der Waals surface area contributed by atoms with Crippen molar-refractivity contribution in [2.24, 2.45) is 11.5 Å². The summed E-state index contributed by atoms with van der Waals surface area (Å²) >= 11 is 0. The molecule has 40 heavy (non-hydrogen) atoms. The Hall–Kier alpha value is -5.22. The molecule has 0 radical (unpaired) electrons. The van der Waals surface area contributed by atoms with Crippen LogP contribution in [0.2, 0.25) is 0 Å². The molecule has 1 heterocycles. The van der Waals surface area contributed by atoms with Gasteiger partial charge in [0.15, 0.2) is 0 Å². The first-order chi connectivity index (χ1) is 19.4. The second-order valence-electron chi connectivity index (χ2n) is 9.27. The van der Waals surface area contributed by atoms with E-state index in [0.29, 0.717) is 35.0 Å². The molecule has 10 heteroatoms. The summed E-state index contributed by atoms with van der Waals surface area (Å²) in [5.41, 5.74) is 14.2. The number of fused-ring (bicyclic) bond motifs is 1. The standard InChI is InChI=1S/C30H27N5O5/c31-25(13-18-8-10-23(36)11-9-18)30-34-28(35-40-30)22-7-3-4-19(12-22)17-39-26-15-21-6-2-1-5-20(21)14-24(26)29(38)33-16-27(32)37/h1-12,14-15,25,36H,13,16-17,31H2,(H2,32,37)(H,33,38). The van der Waals surface area contributed by atoms with Crippen LogP contribution in [0, 0.1) is 0 Å². The number of benzene rings is 4. The van der Waals surface area contributed by atoms with Crippen LogP contribution in [-0.4, -0.2) is 33.6 Å². The number of amides is 2. The van der Waals surface area contributed by atoms with Crippen molar-refractivity contribution in [2.75, 3.05) is 6.54 Å². The Labute approximate surface area is 229 Å². The summed E-state index contributed by atoms with van der Waals surface area (Å²) < 4.78 is 11.5. The largest absolute Gasteiger partial charge is 0.508 e. The molecule has 1 aromatic heterocycles. The highest BCUT2D eigenvalue weighted by Crippen LogP contribution is 2.28. The van der Waals surface area contributed by atoms with E-state index in [1.165, 1.54) is 0 Å². The molecule has 4 aromatic carbocycles. The van der Waals surface area contributed by atoms with Crippen molar-refractivity contribution in [2.45, 2.75) is 19.1 Å². The number of carbonyl (C=O) groups excluding carboxylic acids is 2. The van der Waals surface area contributed by atoms with E-state index in [4.69, 9.17) is 20.7 Å². The van der Waals surface area contributed by atoms with E-state index in [9.17, 15) is 14.7 Å². The monoisotopic (exact) mass is 537 g/mol. The first-order valence-electron chi connectivity index (χ1n) is 12.5. The Morgan fingerprint density at radius 3 is 2.45 bits per heavy atom. The van der Waals surface area contributed by atoms with Crippen LogP contribution in [-0.2, 0) is 17.8 Å². The van der Waals surface area contributed by atoms with Crippen LogP contribution in [0.15, 0.2) is 89.5 Å². The number of nitrogens with two attached hydrogens (primary N) is 2. The summed E-state index contributed by atoms with van der Waals surface area (Å²) in [5, 5.41) is 17.8. The predicted molar refractivity (Wildman–Crippen MR) is 148 cm³/mol. The van der Waals surface area contributed by atoms with E-state index in [1.807, 2.05) is 48.5 Å². The average Bonchev–Trinajstić information content (AvgIpc) is 3.46. The summed E-state index contributed by atoms with van der Waals surface area (Å²) in [4.78, 5) is 28.4. The molecule has 202 valence electrons. The normalized spacial score (nSPS) is 11.7. The van der Waals surface area contributed by atoms with Gasteiger partial charge in [-0.1, -0.05) is 59.8 Å². The van der Waals surface area contributed by atoms with Crippen LogP contribution >= 0.6 is 0 Å². The van der Waals surface area contributed by atoms with E-state index < -0.39 is 17.9 Å². The highest BCUT2D eigenvalue weighted by atomic mass is 16.5. The number of primary amides is 1. The van der Waals surface area contributed by atoms with E-state index in [-0.39, 0.29) is 18.9 Å². The molecule has 0 saturated heterocycles.